The van der Waals surface area contributed by atoms with Crippen LogP contribution in [-0.2, 0) is 11.3 Å². The fraction of sp³-hybridized carbons (Fsp3) is 0.316. The molecule has 0 saturated carbocycles. The fourth-order valence-electron chi connectivity index (χ4n) is 2.78. The van der Waals surface area contributed by atoms with E-state index in [1.807, 2.05) is 17.2 Å². The number of amides is 1. The van der Waals surface area contributed by atoms with Gasteiger partial charge >= 0.3 is 0 Å². The third-order valence-corrected chi connectivity index (χ3v) is 4.23. The average molecular weight is 339 g/mol. The first-order valence-corrected chi connectivity index (χ1v) is 8.31. The molecule has 0 unspecified atom stereocenters. The molecule has 1 saturated heterocycles. The summed E-state index contributed by atoms with van der Waals surface area (Å²) in [6.45, 7) is 3.96. The highest BCUT2D eigenvalue weighted by Gasteiger charge is 2.21. The van der Waals surface area contributed by atoms with Crippen molar-refractivity contribution in [3.63, 3.8) is 0 Å². The maximum Gasteiger partial charge on any atom is 0.260 e. The number of benzene rings is 1. The van der Waals surface area contributed by atoms with Gasteiger partial charge in [0, 0.05) is 50.7 Å². The van der Waals surface area contributed by atoms with Crippen molar-refractivity contribution in [2.45, 2.75) is 6.54 Å². The van der Waals surface area contributed by atoms with E-state index in [-0.39, 0.29) is 12.5 Å². The normalized spacial score (nSPS) is 15.0. The van der Waals surface area contributed by atoms with Crippen molar-refractivity contribution in [2.24, 2.45) is 0 Å². The van der Waals surface area contributed by atoms with Gasteiger partial charge in [-0.2, -0.15) is 0 Å². The molecule has 1 aromatic carbocycles. The zero-order chi connectivity index (χ0) is 17.5. The number of hydrogen-bond donors (Lipinski definition) is 0. The van der Waals surface area contributed by atoms with Crippen molar-refractivity contribution >= 4 is 12.2 Å². The number of piperazine rings is 1. The lowest BCUT2D eigenvalue weighted by atomic mass is 10.2. The minimum absolute atomic E-state index is 0.0134. The minimum Gasteiger partial charge on any atom is -0.484 e. The lowest BCUT2D eigenvalue weighted by molar-refractivity contribution is -0.135. The quantitative estimate of drug-likeness (QED) is 0.749. The molecule has 6 heteroatoms. The molecule has 6 nitrogen and oxygen atoms in total. The van der Waals surface area contributed by atoms with Crippen molar-refractivity contribution < 1.29 is 14.3 Å². The Morgan fingerprint density at radius 3 is 2.52 bits per heavy atom. The van der Waals surface area contributed by atoms with Gasteiger partial charge in [-0.05, 0) is 35.9 Å². The van der Waals surface area contributed by atoms with Gasteiger partial charge in [-0.1, -0.05) is 6.07 Å². The monoisotopic (exact) mass is 339 g/mol. The third kappa shape index (κ3) is 4.87. The first-order chi connectivity index (χ1) is 12.2. The molecule has 2 aromatic rings. The SMILES string of the molecule is O=Cc1ccc(OCC(=O)N2CCN(Cc3cccnc3)CC2)cc1. The standard InChI is InChI=1S/C19H21N3O3/c23-14-16-3-5-18(6-4-16)25-15-19(24)22-10-8-21(9-11-22)13-17-2-1-7-20-12-17/h1-7,12,14H,8-11,13,15H2. The van der Waals surface area contributed by atoms with E-state index < -0.39 is 0 Å². The second-order valence-electron chi connectivity index (χ2n) is 5.99. The van der Waals surface area contributed by atoms with Gasteiger partial charge in [0.2, 0.25) is 0 Å². The molecule has 3 rings (SSSR count). The highest BCUT2D eigenvalue weighted by molar-refractivity contribution is 5.78. The summed E-state index contributed by atoms with van der Waals surface area (Å²) in [5, 5.41) is 0. The summed E-state index contributed by atoms with van der Waals surface area (Å²) in [6.07, 6.45) is 4.42. The molecule has 25 heavy (non-hydrogen) atoms. The first kappa shape index (κ1) is 17.1. The Bertz CT molecular complexity index is 696. The number of aromatic nitrogens is 1. The largest absolute Gasteiger partial charge is 0.484 e. The summed E-state index contributed by atoms with van der Waals surface area (Å²) in [4.78, 5) is 31.2. The lowest BCUT2D eigenvalue weighted by Crippen LogP contribution is -2.49. The van der Waals surface area contributed by atoms with Crippen LogP contribution in [0.4, 0.5) is 0 Å². The Morgan fingerprint density at radius 1 is 1.12 bits per heavy atom. The number of ether oxygens (including phenoxy) is 1. The Kier molecular flexibility index (Phi) is 5.74. The molecule has 0 aliphatic carbocycles. The molecule has 1 fully saturated rings. The minimum atomic E-state index is -0.0134. The molecule has 1 aromatic heterocycles. The number of carbonyl (C=O) groups is 2. The van der Waals surface area contributed by atoms with Crippen molar-refractivity contribution in [1.82, 2.24) is 14.8 Å². The molecule has 1 aliphatic heterocycles. The van der Waals surface area contributed by atoms with Crippen molar-refractivity contribution in [2.75, 3.05) is 32.8 Å². The molecule has 0 spiro atoms. The highest BCUT2D eigenvalue weighted by atomic mass is 16.5. The molecule has 1 amide bonds. The predicted molar refractivity (Wildman–Crippen MR) is 93.4 cm³/mol. The summed E-state index contributed by atoms with van der Waals surface area (Å²) in [5.74, 6) is 0.578. The van der Waals surface area contributed by atoms with Crippen LogP contribution in [0.15, 0.2) is 48.8 Å². The zero-order valence-corrected chi connectivity index (χ0v) is 14.0. The number of nitrogens with zero attached hydrogens (tertiary/aromatic N) is 3. The molecule has 0 radical (unpaired) electrons. The Labute approximate surface area is 147 Å². The van der Waals surface area contributed by atoms with E-state index >= 15 is 0 Å². The Hall–Kier alpha value is -2.73. The van der Waals surface area contributed by atoms with Crippen LogP contribution in [0.2, 0.25) is 0 Å². The van der Waals surface area contributed by atoms with Crippen LogP contribution in [0, 0.1) is 0 Å². The Morgan fingerprint density at radius 2 is 1.88 bits per heavy atom. The van der Waals surface area contributed by atoms with E-state index in [1.165, 1.54) is 5.56 Å². The molecular weight excluding hydrogens is 318 g/mol. The number of aldehydes is 1. The maximum atomic E-state index is 12.3. The van der Waals surface area contributed by atoms with Gasteiger partial charge in [0.05, 0.1) is 0 Å². The van der Waals surface area contributed by atoms with Crippen LogP contribution >= 0.6 is 0 Å². The summed E-state index contributed by atoms with van der Waals surface area (Å²) < 4.78 is 5.51. The van der Waals surface area contributed by atoms with E-state index in [0.29, 0.717) is 24.4 Å². The van der Waals surface area contributed by atoms with Crippen molar-refractivity contribution in [3.05, 3.63) is 59.9 Å². The first-order valence-electron chi connectivity index (χ1n) is 8.31. The molecule has 2 heterocycles. The molecule has 0 atom stereocenters. The fourth-order valence-corrected chi connectivity index (χ4v) is 2.78. The van der Waals surface area contributed by atoms with Crippen LogP contribution in [0.3, 0.4) is 0 Å². The zero-order valence-electron chi connectivity index (χ0n) is 14.0. The topological polar surface area (TPSA) is 62.7 Å². The lowest BCUT2D eigenvalue weighted by Gasteiger charge is -2.34. The number of pyridine rings is 1. The average Bonchev–Trinajstić information content (AvgIpc) is 2.68. The van der Waals surface area contributed by atoms with E-state index in [2.05, 4.69) is 16.0 Å². The summed E-state index contributed by atoms with van der Waals surface area (Å²) in [7, 11) is 0. The summed E-state index contributed by atoms with van der Waals surface area (Å²) in [6, 6.07) is 10.7. The second-order valence-corrected chi connectivity index (χ2v) is 5.99. The maximum absolute atomic E-state index is 12.3. The molecule has 130 valence electrons. The van der Waals surface area contributed by atoms with E-state index in [1.54, 1.807) is 30.5 Å². The van der Waals surface area contributed by atoms with Gasteiger partial charge in [-0.3, -0.25) is 19.5 Å². The van der Waals surface area contributed by atoms with E-state index in [9.17, 15) is 9.59 Å². The van der Waals surface area contributed by atoms with Gasteiger partial charge in [-0.15, -0.1) is 0 Å². The van der Waals surface area contributed by atoms with Gasteiger partial charge in [0.15, 0.2) is 6.61 Å². The van der Waals surface area contributed by atoms with E-state index in [4.69, 9.17) is 4.74 Å². The van der Waals surface area contributed by atoms with Crippen LogP contribution in [0.25, 0.3) is 0 Å². The molecule has 1 aliphatic rings. The number of hydrogen-bond acceptors (Lipinski definition) is 5. The van der Waals surface area contributed by atoms with Gasteiger partial charge in [0.25, 0.3) is 5.91 Å². The predicted octanol–water partition coefficient (Wildman–Crippen LogP) is 1.62. The molecular formula is C19H21N3O3. The van der Waals surface area contributed by atoms with Crippen molar-refractivity contribution in [3.8, 4) is 5.75 Å². The number of rotatable bonds is 6. The van der Waals surface area contributed by atoms with Crippen LogP contribution < -0.4 is 4.74 Å². The summed E-state index contributed by atoms with van der Waals surface area (Å²) in [5.41, 5.74) is 1.77. The Balaban J connectivity index is 1.42. The molecule has 0 N–H and O–H groups in total. The van der Waals surface area contributed by atoms with Gasteiger partial charge in [-0.25, -0.2) is 0 Å². The summed E-state index contributed by atoms with van der Waals surface area (Å²) >= 11 is 0. The third-order valence-electron chi connectivity index (χ3n) is 4.23. The van der Waals surface area contributed by atoms with Crippen LogP contribution in [0.1, 0.15) is 15.9 Å². The van der Waals surface area contributed by atoms with Crippen LogP contribution in [0.5, 0.6) is 5.75 Å². The molecule has 0 bridgehead atoms. The van der Waals surface area contributed by atoms with Crippen molar-refractivity contribution in [1.29, 1.82) is 0 Å². The van der Waals surface area contributed by atoms with E-state index in [0.717, 1.165) is 25.9 Å². The number of carbonyl (C=O) groups excluding carboxylic acids is 2. The highest BCUT2D eigenvalue weighted by Crippen LogP contribution is 2.12. The smallest absolute Gasteiger partial charge is 0.260 e. The second kappa shape index (κ2) is 8.39. The van der Waals surface area contributed by atoms with Gasteiger partial charge < -0.3 is 9.64 Å². The van der Waals surface area contributed by atoms with Crippen LogP contribution in [-0.4, -0.2) is 59.8 Å². The van der Waals surface area contributed by atoms with Gasteiger partial charge in [0.1, 0.15) is 12.0 Å².